The molecule has 4 rings (SSSR count). The molecule has 4 nitrogen and oxygen atoms in total. The fourth-order valence-electron chi connectivity index (χ4n) is 4.13. The first-order chi connectivity index (χ1) is 16.1. The number of fused-ring (bicyclic) bond motifs is 2. The zero-order chi connectivity index (χ0) is 23.2. The van der Waals surface area contributed by atoms with E-state index in [1.165, 1.54) is 10.8 Å². The molecule has 1 amide bonds. The van der Waals surface area contributed by atoms with Crippen molar-refractivity contribution < 1.29 is 13.9 Å². The molecule has 0 aliphatic heterocycles. The lowest BCUT2D eigenvalue weighted by atomic mass is 9.97. The summed E-state index contributed by atoms with van der Waals surface area (Å²) in [5.41, 5.74) is 4.65. The van der Waals surface area contributed by atoms with Crippen LogP contribution in [-0.4, -0.2) is 19.1 Å². The van der Waals surface area contributed by atoms with Crippen molar-refractivity contribution in [3.8, 4) is 16.9 Å². The van der Waals surface area contributed by atoms with E-state index in [1.807, 2.05) is 32.0 Å². The number of hydrogen-bond donors (Lipinski definition) is 1. The molecule has 4 aromatic rings. The van der Waals surface area contributed by atoms with Crippen molar-refractivity contribution in [1.29, 1.82) is 0 Å². The Kier molecular flexibility index (Phi) is 7.13. The maximum absolute atomic E-state index is 12.4. The predicted molar refractivity (Wildman–Crippen MR) is 137 cm³/mol. The second-order valence-electron chi connectivity index (χ2n) is 8.31. The van der Waals surface area contributed by atoms with Crippen LogP contribution in [0, 0.1) is 0 Å². The van der Waals surface area contributed by atoms with Crippen molar-refractivity contribution in [2.24, 2.45) is 0 Å². The monoisotopic (exact) mass is 441 g/mol. The first-order valence-corrected chi connectivity index (χ1v) is 11.7. The first kappa shape index (κ1) is 22.7. The lowest BCUT2D eigenvalue weighted by Crippen LogP contribution is -2.22. The summed E-state index contributed by atoms with van der Waals surface area (Å²) in [4.78, 5) is 12.4. The number of nitrogens with one attached hydrogen (secondary N) is 1. The van der Waals surface area contributed by atoms with Gasteiger partial charge in [-0.2, -0.15) is 0 Å². The second kappa shape index (κ2) is 10.4. The van der Waals surface area contributed by atoms with Crippen LogP contribution < -0.4 is 10.1 Å². The van der Waals surface area contributed by atoms with Crippen molar-refractivity contribution in [1.82, 2.24) is 5.32 Å². The Labute approximate surface area is 195 Å². The number of amides is 1. The third kappa shape index (κ3) is 5.11. The minimum atomic E-state index is -0.0758. The maximum atomic E-state index is 12.4. The number of benzene rings is 3. The normalized spacial score (nSPS) is 11.8. The van der Waals surface area contributed by atoms with Crippen molar-refractivity contribution >= 4 is 33.2 Å². The van der Waals surface area contributed by atoms with E-state index in [9.17, 15) is 4.79 Å². The molecule has 33 heavy (non-hydrogen) atoms. The SMILES string of the molecule is CCCCCNC(=O)/C=C(\C)c1cc2c(-c3ccc4ccccc4c3)coc2cc1OCC. The molecule has 3 aromatic carbocycles. The van der Waals surface area contributed by atoms with Gasteiger partial charge in [0.2, 0.25) is 5.91 Å². The highest BCUT2D eigenvalue weighted by atomic mass is 16.5. The standard InChI is InChI=1S/C29H31NO3/c1-4-6-9-14-30-29(31)15-20(3)24-17-25-26(19-33-28(25)18-27(24)32-5-2)23-13-12-21-10-7-8-11-22(21)16-23/h7-8,10-13,15-19H,4-6,9,14H2,1-3H3,(H,30,31)/b20-15+. The molecule has 0 bridgehead atoms. The Morgan fingerprint density at radius 2 is 1.85 bits per heavy atom. The Hall–Kier alpha value is -3.53. The molecule has 1 aromatic heterocycles. The lowest BCUT2D eigenvalue weighted by Gasteiger charge is -2.12. The van der Waals surface area contributed by atoms with Crippen LogP contribution in [-0.2, 0) is 4.79 Å². The van der Waals surface area contributed by atoms with E-state index < -0.39 is 0 Å². The number of allylic oxidation sites excluding steroid dienone is 1. The third-order valence-corrected chi connectivity index (χ3v) is 5.89. The number of ether oxygens (including phenoxy) is 1. The lowest BCUT2D eigenvalue weighted by molar-refractivity contribution is -0.116. The Morgan fingerprint density at radius 1 is 1.03 bits per heavy atom. The van der Waals surface area contributed by atoms with Crippen LogP contribution in [0.1, 0.15) is 45.6 Å². The summed E-state index contributed by atoms with van der Waals surface area (Å²) >= 11 is 0. The van der Waals surface area contributed by atoms with Crippen molar-refractivity contribution in [2.45, 2.75) is 40.0 Å². The Balaban J connectivity index is 1.71. The average molecular weight is 442 g/mol. The van der Waals surface area contributed by atoms with E-state index >= 15 is 0 Å². The molecule has 0 spiro atoms. The molecule has 0 aliphatic carbocycles. The Bertz CT molecular complexity index is 1300. The smallest absolute Gasteiger partial charge is 0.244 e. The van der Waals surface area contributed by atoms with Gasteiger partial charge < -0.3 is 14.5 Å². The van der Waals surface area contributed by atoms with Gasteiger partial charge in [-0.05, 0) is 54.3 Å². The van der Waals surface area contributed by atoms with Crippen LogP contribution in [0.15, 0.2) is 71.4 Å². The third-order valence-electron chi connectivity index (χ3n) is 5.89. The topological polar surface area (TPSA) is 51.5 Å². The van der Waals surface area contributed by atoms with Crippen LogP contribution in [0.2, 0.25) is 0 Å². The molecular weight excluding hydrogens is 410 g/mol. The summed E-state index contributed by atoms with van der Waals surface area (Å²) in [6.07, 6.45) is 6.70. The van der Waals surface area contributed by atoms with Crippen molar-refractivity contribution in [2.75, 3.05) is 13.2 Å². The van der Waals surface area contributed by atoms with Crippen molar-refractivity contribution in [3.05, 3.63) is 72.5 Å². The largest absolute Gasteiger partial charge is 0.493 e. The Morgan fingerprint density at radius 3 is 2.64 bits per heavy atom. The van der Waals surface area contributed by atoms with Crippen LogP contribution in [0.3, 0.4) is 0 Å². The highest BCUT2D eigenvalue weighted by molar-refractivity contribution is 6.01. The molecule has 0 unspecified atom stereocenters. The van der Waals surface area contributed by atoms with Crippen LogP contribution in [0.25, 0.3) is 38.4 Å². The van der Waals surface area contributed by atoms with Crippen molar-refractivity contribution in [3.63, 3.8) is 0 Å². The molecule has 170 valence electrons. The molecule has 0 atom stereocenters. The van der Waals surface area contributed by atoms with E-state index in [0.29, 0.717) is 13.2 Å². The fourth-order valence-corrected chi connectivity index (χ4v) is 4.13. The molecule has 0 saturated carbocycles. The molecule has 0 radical (unpaired) electrons. The fraction of sp³-hybridized carbons (Fsp3) is 0.276. The molecule has 4 heteroatoms. The quantitative estimate of drug-likeness (QED) is 0.218. The molecule has 1 N–H and O–H groups in total. The number of furan rings is 1. The van der Waals surface area contributed by atoms with Gasteiger partial charge in [0.1, 0.15) is 11.3 Å². The molecular formula is C29H31NO3. The highest BCUT2D eigenvalue weighted by Gasteiger charge is 2.15. The van der Waals surface area contributed by atoms with E-state index in [2.05, 4.69) is 48.6 Å². The van der Waals surface area contributed by atoms with E-state index in [1.54, 1.807) is 12.3 Å². The van der Waals surface area contributed by atoms with Crippen LogP contribution in [0.5, 0.6) is 5.75 Å². The molecule has 1 heterocycles. The van der Waals surface area contributed by atoms with Gasteiger partial charge >= 0.3 is 0 Å². The number of rotatable bonds is 9. The molecule has 0 saturated heterocycles. The second-order valence-corrected chi connectivity index (χ2v) is 8.31. The summed E-state index contributed by atoms with van der Waals surface area (Å²) < 4.78 is 11.8. The number of carbonyl (C=O) groups is 1. The zero-order valence-electron chi connectivity index (χ0n) is 19.6. The average Bonchev–Trinajstić information content (AvgIpc) is 3.24. The highest BCUT2D eigenvalue weighted by Crippen LogP contribution is 2.38. The minimum absolute atomic E-state index is 0.0758. The number of carbonyl (C=O) groups excluding carboxylic acids is 1. The zero-order valence-corrected chi connectivity index (χ0v) is 19.6. The first-order valence-electron chi connectivity index (χ1n) is 11.7. The van der Waals surface area contributed by atoms with Gasteiger partial charge in [0, 0.05) is 35.2 Å². The number of unbranched alkanes of at least 4 members (excludes halogenated alkanes) is 2. The number of hydrogen-bond acceptors (Lipinski definition) is 3. The molecule has 0 fully saturated rings. The van der Waals surface area contributed by atoms with E-state index in [-0.39, 0.29) is 5.91 Å². The maximum Gasteiger partial charge on any atom is 0.244 e. The van der Waals surface area contributed by atoms with Gasteiger partial charge in [-0.1, -0.05) is 56.2 Å². The predicted octanol–water partition coefficient (Wildman–Crippen LogP) is 7.36. The van der Waals surface area contributed by atoms with Crippen LogP contribution >= 0.6 is 0 Å². The van der Waals surface area contributed by atoms with Gasteiger partial charge in [-0.3, -0.25) is 4.79 Å². The summed E-state index contributed by atoms with van der Waals surface area (Å²) in [7, 11) is 0. The minimum Gasteiger partial charge on any atom is -0.493 e. The molecule has 0 aliphatic rings. The van der Waals surface area contributed by atoms with Crippen LogP contribution in [0.4, 0.5) is 0 Å². The van der Waals surface area contributed by atoms with Gasteiger partial charge in [-0.15, -0.1) is 0 Å². The van der Waals surface area contributed by atoms with E-state index in [4.69, 9.17) is 9.15 Å². The van der Waals surface area contributed by atoms with Gasteiger partial charge in [0.25, 0.3) is 0 Å². The van der Waals surface area contributed by atoms with E-state index in [0.717, 1.165) is 58.2 Å². The summed E-state index contributed by atoms with van der Waals surface area (Å²) in [5, 5.41) is 6.37. The van der Waals surface area contributed by atoms with Gasteiger partial charge in [-0.25, -0.2) is 0 Å². The van der Waals surface area contributed by atoms with Gasteiger partial charge in [0.15, 0.2) is 0 Å². The summed E-state index contributed by atoms with van der Waals surface area (Å²) in [6, 6.07) is 18.8. The summed E-state index contributed by atoms with van der Waals surface area (Å²) in [6.45, 7) is 7.29. The summed E-state index contributed by atoms with van der Waals surface area (Å²) in [5.74, 6) is 0.644. The van der Waals surface area contributed by atoms with Gasteiger partial charge in [0.05, 0.1) is 12.9 Å².